The predicted molar refractivity (Wildman–Crippen MR) is 97.5 cm³/mol. The van der Waals surface area contributed by atoms with Crippen molar-refractivity contribution in [2.75, 3.05) is 38.3 Å². The average molecular weight is 357 g/mol. The summed E-state index contributed by atoms with van der Waals surface area (Å²) < 4.78 is 24.6. The van der Waals surface area contributed by atoms with Gasteiger partial charge in [-0.15, -0.1) is 0 Å². The molecule has 3 rings (SSSR count). The molecule has 0 amide bonds. The van der Waals surface area contributed by atoms with E-state index in [2.05, 4.69) is 0 Å². The number of aromatic hydroxyl groups is 1. The maximum Gasteiger partial charge on any atom is 0.185 e. The number of ketones is 1. The van der Waals surface area contributed by atoms with Crippen molar-refractivity contribution in [2.24, 2.45) is 0 Å². The predicted octanol–water partition coefficient (Wildman–Crippen LogP) is 3.27. The fraction of sp³-hybridized carbons (Fsp3) is 0.250. The van der Waals surface area contributed by atoms with Crippen molar-refractivity contribution in [1.82, 2.24) is 0 Å². The lowest BCUT2D eigenvalue weighted by atomic mass is 10.1. The highest BCUT2D eigenvalue weighted by Gasteiger charge is 2.16. The first-order valence-corrected chi connectivity index (χ1v) is 8.30. The number of hydrogen-bond donors (Lipinski definition) is 1. The minimum atomic E-state index is -0.423. The number of hydrogen-bond acceptors (Lipinski definition) is 5. The second-order valence-electron chi connectivity index (χ2n) is 5.89. The van der Waals surface area contributed by atoms with E-state index >= 15 is 0 Å². The number of methoxy groups -OCH3 is 1. The van der Waals surface area contributed by atoms with Gasteiger partial charge in [-0.05, 0) is 42.0 Å². The number of carbonyl (C=O) groups excluding carboxylic acids is 1. The largest absolute Gasteiger partial charge is 0.504 e. The standard InChI is InChI=1S/C20H20FNO4/c1-25-20-7-3-14(12-19(20)24)2-6-18(23)15-4-5-17(16(21)13-15)22-8-10-26-11-9-22/h2-7,12-13,24H,8-11H2,1H3/b6-2+. The number of morpholine rings is 1. The zero-order valence-corrected chi connectivity index (χ0v) is 14.4. The molecule has 0 aliphatic carbocycles. The molecule has 6 heteroatoms. The summed E-state index contributed by atoms with van der Waals surface area (Å²) in [5.74, 6) is -0.391. The van der Waals surface area contributed by atoms with E-state index in [4.69, 9.17) is 9.47 Å². The molecule has 0 spiro atoms. The quantitative estimate of drug-likeness (QED) is 0.657. The van der Waals surface area contributed by atoms with Crippen LogP contribution < -0.4 is 9.64 Å². The van der Waals surface area contributed by atoms with E-state index in [1.807, 2.05) is 4.90 Å². The summed E-state index contributed by atoms with van der Waals surface area (Å²) in [6.45, 7) is 2.39. The number of benzene rings is 2. The van der Waals surface area contributed by atoms with Crippen LogP contribution in [0.3, 0.4) is 0 Å². The molecule has 0 radical (unpaired) electrons. The van der Waals surface area contributed by atoms with Crippen molar-refractivity contribution < 1.29 is 23.8 Å². The van der Waals surface area contributed by atoms with Gasteiger partial charge in [0, 0.05) is 18.7 Å². The first-order valence-electron chi connectivity index (χ1n) is 8.30. The van der Waals surface area contributed by atoms with E-state index in [1.54, 1.807) is 30.3 Å². The van der Waals surface area contributed by atoms with Crippen molar-refractivity contribution in [3.05, 3.63) is 59.4 Å². The highest BCUT2D eigenvalue weighted by molar-refractivity contribution is 6.07. The Balaban J connectivity index is 1.73. The van der Waals surface area contributed by atoms with Gasteiger partial charge in [-0.25, -0.2) is 4.39 Å². The lowest BCUT2D eigenvalue weighted by Crippen LogP contribution is -2.36. The Labute approximate surface area is 151 Å². The number of phenolic OH excluding ortho intramolecular Hbond substituents is 1. The first kappa shape index (κ1) is 17.9. The number of halogens is 1. The molecule has 26 heavy (non-hydrogen) atoms. The van der Waals surface area contributed by atoms with Crippen LogP contribution in [0.2, 0.25) is 0 Å². The lowest BCUT2D eigenvalue weighted by molar-refractivity contribution is 0.104. The topological polar surface area (TPSA) is 59.0 Å². The van der Waals surface area contributed by atoms with Crippen LogP contribution in [0.4, 0.5) is 10.1 Å². The monoisotopic (exact) mass is 357 g/mol. The average Bonchev–Trinajstić information content (AvgIpc) is 2.66. The molecule has 1 fully saturated rings. The number of carbonyl (C=O) groups is 1. The van der Waals surface area contributed by atoms with E-state index in [0.29, 0.717) is 43.3 Å². The van der Waals surface area contributed by atoms with Crippen LogP contribution in [-0.4, -0.2) is 44.3 Å². The second-order valence-corrected chi connectivity index (χ2v) is 5.89. The van der Waals surface area contributed by atoms with Crippen molar-refractivity contribution in [2.45, 2.75) is 0 Å². The van der Waals surface area contributed by atoms with Crippen molar-refractivity contribution in [1.29, 1.82) is 0 Å². The van der Waals surface area contributed by atoms with Gasteiger partial charge in [-0.1, -0.05) is 12.1 Å². The van der Waals surface area contributed by atoms with Crippen LogP contribution in [0.5, 0.6) is 11.5 Å². The highest BCUT2D eigenvalue weighted by Crippen LogP contribution is 2.27. The van der Waals surface area contributed by atoms with Crippen LogP contribution in [0, 0.1) is 5.82 Å². The molecule has 0 unspecified atom stereocenters. The van der Waals surface area contributed by atoms with Crippen molar-refractivity contribution >= 4 is 17.5 Å². The van der Waals surface area contributed by atoms with E-state index in [0.717, 1.165) is 0 Å². The number of allylic oxidation sites excluding steroid dienone is 1. The van der Waals surface area contributed by atoms with Gasteiger partial charge >= 0.3 is 0 Å². The van der Waals surface area contributed by atoms with E-state index < -0.39 is 5.82 Å². The third kappa shape index (κ3) is 4.03. The number of rotatable bonds is 5. The minimum absolute atomic E-state index is 0.0111. The normalized spacial score (nSPS) is 14.6. The second kappa shape index (κ2) is 8.01. The third-order valence-corrected chi connectivity index (χ3v) is 4.21. The molecular weight excluding hydrogens is 337 g/mol. The summed E-state index contributed by atoms with van der Waals surface area (Å²) in [7, 11) is 1.46. The molecule has 5 nitrogen and oxygen atoms in total. The molecule has 1 aliphatic heterocycles. The van der Waals surface area contributed by atoms with Gasteiger partial charge in [-0.3, -0.25) is 4.79 Å². The molecule has 2 aromatic carbocycles. The fourth-order valence-electron chi connectivity index (χ4n) is 2.80. The van der Waals surface area contributed by atoms with Crippen LogP contribution >= 0.6 is 0 Å². The molecule has 136 valence electrons. The molecule has 0 bridgehead atoms. The van der Waals surface area contributed by atoms with Gasteiger partial charge < -0.3 is 19.5 Å². The van der Waals surface area contributed by atoms with Crippen LogP contribution in [0.25, 0.3) is 6.08 Å². The smallest absolute Gasteiger partial charge is 0.185 e. The zero-order valence-electron chi connectivity index (χ0n) is 14.4. The Bertz CT molecular complexity index is 829. The van der Waals surface area contributed by atoms with Gasteiger partial charge in [0.05, 0.1) is 26.0 Å². The fourth-order valence-corrected chi connectivity index (χ4v) is 2.80. The Kier molecular flexibility index (Phi) is 5.53. The molecule has 0 saturated carbocycles. The molecular formula is C20H20FNO4. The summed E-state index contributed by atoms with van der Waals surface area (Å²) in [4.78, 5) is 14.2. The Morgan fingerprint density at radius 1 is 1.23 bits per heavy atom. The SMILES string of the molecule is COc1ccc(/C=C/C(=O)c2ccc(N3CCOCC3)c(F)c2)cc1O. The molecule has 1 aliphatic rings. The molecule has 1 N–H and O–H groups in total. The van der Waals surface area contributed by atoms with Gasteiger partial charge in [0.2, 0.25) is 0 Å². The van der Waals surface area contributed by atoms with E-state index in [-0.39, 0.29) is 17.1 Å². The van der Waals surface area contributed by atoms with E-state index in [9.17, 15) is 14.3 Å². The van der Waals surface area contributed by atoms with Crippen molar-refractivity contribution in [3.63, 3.8) is 0 Å². The molecule has 0 aromatic heterocycles. The Hall–Kier alpha value is -2.86. The molecule has 2 aromatic rings. The molecule has 0 atom stereocenters. The van der Waals surface area contributed by atoms with Gasteiger partial charge in [0.25, 0.3) is 0 Å². The lowest BCUT2D eigenvalue weighted by Gasteiger charge is -2.29. The van der Waals surface area contributed by atoms with Crippen LogP contribution in [-0.2, 0) is 4.74 Å². The van der Waals surface area contributed by atoms with Gasteiger partial charge in [-0.2, -0.15) is 0 Å². The first-order chi connectivity index (χ1) is 12.6. The Morgan fingerprint density at radius 2 is 2.00 bits per heavy atom. The zero-order chi connectivity index (χ0) is 18.5. The number of nitrogens with zero attached hydrogens (tertiary/aromatic N) is 1. The number of anilines is 1. The number of ether oxygens (including phenoxy) is 2. The van der Waals surface area contributed by atoms with Crippen LogP contribution in [0.1, 0.15) is 15.9 Å². The van der Waals surface area contributed by atoms with Crippen LogP contribution in [0.15, 0.2) is 42.5 Å². The third-order valence-electron chi connectivity index (χ3n) is 4.21. The van der Waals surface area contributed by atoms with Gasteiger partial charge in [0.1, 0.15) is 5.82 Å². The van der Waals surface area contributed by atoms with E-state index in [1.165, 1.54) is 25.3 Å². The molecule has 1 heterocycles. The number of phenols is 1. The summed E-state index contributed by atoms with van der Waals surface area (Å²) in [6, 6.07) is 9.31. The summed E-state index contributed by atoms with van der Waals surface area (Å²) in [6.07, 6.45) is 2.92. The van der Waals surface area contributed by atoms with Gasteiger partial charge in [0.15, 0.2) is 17.3 Å². The molecule has 1 saturated heterocycles. The summed E-state index contributed by atoms with van der Waals surface area (Å²) >= 11 is 0. The Morgan fingerprint density at radius 3 is 2.65 bits per heavy atom. The highest BCUT2D eigenvalue weighted by atomic mass is 19.1. The maximum absolute atomic E-state index is 14.4. The van der Waals surface area contributed by atoms with Crippen molar-refractivity contribution in [3.8, 4) is 11.5 Å². The minimum Gasteiger partial charge on any atom is -0.504 e. The summed E-state index contributed by atoms with van der Waals surface area (Å²) in [5, 5.41) is 9.76. The summed E-state index contributed by atoms with van der Waals surface area (Å²) in [5.41, 5.74) is 1.39. The maximum atomic E-state index is 14.4.